The molecule has 0 radical (unpaired) electrons. The fourth-order valence-corrected chi connectivity index (χ4v) is 4.49. The molecule has 0 bridgehead atoms. The molecule has 2 N–H and O–H groups in total. The number of amides is 1. The molecule has 2 aromatic heterocycles. The zero-order valence-corrected chi connectivity index (χ0v) is 16.4. The quantitative estimate of drug-likeness (QED) is 0.422. The number of imidazole rings is 1. The lowest BCUT2D eigenvalue weighted by Gasteiger charge is -2.09. The van der Waals surface area contributed by atoms with E-state index in [-0.39, 0.29) is 11.7 Å². The van der Waals surface area contributed by atoms with Crippen LogP contribution < -0.4 is 5.32 Å². The average molecular weight is 399 g/mol. The predicted molar refractivity (Wildman–Crippen MR) is 117 cm³/mol. The first-order valence-electron chi connectivity index (χ1n) is 9.18. The number of nitrogens with one attached hydrogen (secondary N) is 1. The number of aromatic hydroxyl groups is 1. The lowest BCUT2D eigenvalue weighted by Crippen LogP contribution is -2.12. The van der Waals surface area contributed by atoms with E-state index in [1.165, 1.54) is 11.3 Å². The van der Waals surface area contributed by atoms with Gasteiger partial charge in [0.15, 0.2) is 4.96 Å². The minimum Gasteiger partial charge on any atom is -0.507 e. The van der Waals surface area contributed by atoms with E-state index in [0.717, 1.165) is 27.3 Å². The molecule has 0 unspecified atom stereocenters. The maximum absolute atomic E-state index is 13.0. The van der Waals surface area contributed by atoms with Crippen LogP contribution in [0.15, 0.2) is 72.9 Å². The van der Waals surface area contributed by atoms with Crippen molar-refractivity contribution in [3.05, 3.63) is 83.5 Å². The summed E-state index contributed by atoms with van der Waals surface area (Å²) in [6, 6.07) is 20.7. The van der Waals surface area contributed by atoms with Crippen LogP contribution in [0.3, 0.4) is 0 Å². The van der Waals surface area contributed by atoms with E-state index in [1.807, 2.05) is 72.1 Å². The first-order valence-corrected chi connectivity index (χ1v) is 9.99. The van der Waals surface area contributed by atoms with E-state index in [0.29, 0.717) is 16.0 Å². The molecule has 0 saturated heterocycles. The number of benzene rings is 3. The molecule has 5 nitrogen and oxygen atoms in total. The van der Waals surface area contributed by atoms with Gasteiger partial charge < -0.3 is 10.4 Å². The first kappa shape index (κ1) is 17.5. The number of hydrogen-bond acceptors (Lipinski definition) is 4. The standard InChI is InChI=1S/C23H17N3O2S/c1-14-21(29-23-25-19(13-26(14)23)15-7-3-2-4-8-15)22(28)24-18-11-5-10-17-16(18)9-6-12-20(17)27/h2-13,27H,1H3,(H,24,28). The molecule has 29 heavy (non-hydrogen) atoms. The van der Waals surface area contributed by atoms with Crippen LogP contribution in [0.25, 0.3) is 27.0 Å². The van der Waals surface area contributed by atoms with Crippen molar-refractivity contribution < 1.29 is 9.90 Å². The van der Waals surface area contributed by atoms with Gasteiger partial charge in [-0.05, 0) is 19.1 Å². The van der Waals surface area contributed by atoms with Gasteiger partial charge in [0, 0.05) is 33.9 Å². The number of carbonyl (C=O) groups is 1. The Balaban J connectivity index is 1.50. The summed E-state index contributed by atoms with van der Waals surface area (Å²) in [5.41, 5.74) is 3.44. The van der Waals surface area contributed by atoms with Gasteiger partial charge >= 0.3 is 0 Å². The Morgan fingerprint density at radius 3 is 2.55 bits per heavy atom. The fraction of sp³-hybridized carbons (Fsp3) is 0.0435. The van der Waals surface area contributed by atoms with Gasteiger partial charge in [0.25, 0.3) is 5.91 Å². The SMILES string of the molecule is Cc1c(C(=O)Nc2cccc3c(O)cccc23)sc2nc(-c3ccccc3)cn12. The molecular weight excluding hydrogens is 382 g/mol. The highest BCUT2D eigenvalue weighted by molar-refractivity contribution is 7.19. The number of nitrogens with zero attached hydrogens (tertiary/aromatic N) is 2. The van der Waals surface area contributed by atoms with Gasteiger partial charge in [-0.25, -0.2) is 4.98 Å². The lowest BCUT2D eigenvalue weighted by atomic mass is 10.1. The normalized spacial score (nSPS) is 11.2. The van der Waals surface area contributed by atoms with Crippen LogP contribution in [0.4, 0.5) is 5.69 Å². The van der Waals surface area contributed by atoms with Gasteiger partial charge in [0.05, 0.1) is 5.69 Å². The zero-order valence-electron chi connectivity index (χ0n) is 15.6. The molecule has 2 heterocycles. The second-order valence-electron chi connectivity index (χ2n) is 6.79. The average Bonchev–Trinajstić information content (AvgIpc) is 3.29. The Labute approximate surface area is 170 Å². The molecule has 0 spiro atoms. The summed E-state index contributed by atoms with van der Waals surface area (Å²) in [6.45, 7) is 1.92. The summed E-state index contributed by atoms with van der Waals surface area (Å²) in [5.74, 6) is 0.00733. The van der Waals surface area contributed by atoms with Crippen molar-refractivity contribution in [2.45, 2.75) is 6.92 Å². The molecule has 0 atom stereocenters. The molecule has 5 rings (SSSR count). The largest absolute Gasteiger partial charge is 0.507 e. The maximum atomic E-state index is 13.0. The van der Waals surface area contributed by atoms with Crippen LogP contribution in [0.5, 0.6) is 5.75 Å². The second kappa shape index (κ2) is 6.76. The number of carbonyl (C=O) groups excluding carboxylic acids is 1. The van der Waals surface area contributed by atoms with E-state index in [2.05, 4.69) is 10.3 Å². The van der Waals surface area contributed by atoms with Crippen molar-refractivity contribution in [3.8, 4) is 17.0 Å². The number of hydrogen-bond donors (Lipinski definition) is 2. The number of phenolic OH excluding ortho intramolecular Hbond substituents is 1. The van der Waals surface area contributed by atoms with Crippen molar-refractivity contribution in [2.75, 3.05) is 5.32 Å². The smallest absolute Gasteiger partial charge is 0.267 e. The summed E-state index contributed by atoms with van der Waals surface area (Å²) in [6.07, 6.45) is 1.96. The Bertz CT molecular complexity index is 1370. The zero-order chi connectivity index (χ0) is 20.0. The predicted octanol–water partition coefficient (Wildman–Crippen LogP) is 5.48. The molecule has 0 fully saturated rings. The number of anilines is 1. The third-order valence-electron chi connectivity index (χ3n) is 4.98. The highest BCUT2D eigenvalue weighted by Crippen LogP contribution is 2.31. The monoisotopic (exact) mass is 399 g/mol. The van der Waals surface area contributed by atoms with Crippen molar-refractivity contribution in [1.82, 2.24) is 9.38 Å². The van der Waals surface area contributed by atoms with Crippen molar-refractivity contribution in [3.63, 3.8) is 0 Å². The van der Waals surface area contributed by atoms with E-state index in [4.69, 9.17) is 0 Å². The molecule has 3 aromatic carbocycles. The third kappa shape index (κ3) is 2.94. The second-order valence-corrected chi connectivity index (χ2v) is 7.77. The number of aryl methyl sites for hydroxylation is 1. The molecule has 0 aliphatic carbocycles. The van der Waals surface area contributed by atoms with E-state index in [1.54, 1.807) is 12.1 Å². The summed E-state index contributed by atoms with van der Waals surface area (Å²) >= 11 is 1.37. The van der Waals surface area contributed by atoms with Crippen LogP contribution in [-0.4, -0.2) is 20.4 Å². The third-order valence-corrected chi connectivity index (χ3v) is 6.14. The van der Waals surface area contributed by atoms with E-state index < -0.39 is 0 Å². The number of rotatable bonds is 3. The van der Waals surface area contributed by atoms with E-state index >= 15 is 0 Å². The summed E-state index contributed by atoms with van der Waals surface area (Å²) < 4.78 is 1.96. The van der Waals surface area contributed by atoms with Crippen molar-refractivity contribution in [1.29, 1.82) is 0 Å². The van der Waals surface area contributed by atoms with Crippen LogP contribution in [0, 0.1) is 6.92 Å². The maximum Gasteiger partial charge on any atom is 0.267 e. The highest BCUT2D eigenvalue weighted by Gasteiger charge is 2.19. The number of thiazole rings is 1. The minimum absolute atomic E-state index is 0.185. The van der Waals surface area contributed by atoms with Crippen LogP contribution in [0.1, 0.15) is 15.4 Å². The first-order chi connectivity index (χ1) is 14.1. The van der Waals surface area contributed by atoms with Gasteiger partial charge in [-0.15, -0.1) is 0 Å². The van der Waals surface area contributed by atoms with Crippen LogP contribution in [-0.2, 0) is 0 Å². The Morgan fingerprint density at radius 2 is 1.76 bits per heavy atom. The molecule has 1 amide bonds. The summed E-state index contributed by atoms with van der Waals surface area (Å²) in [5, 5.41) is 14.5. The minimum atomic E-state index is -0.185. The fourth-order valence-electron chi connectivity index (χ4n) is 3.49. The van der Waals surface area contributed by atoms with Crippen molar-refractivity contribution in [2.24, 2.45) is 0 Å². The molecule has 5 aromatic rings. The Hall–Kier alpha value is -3.64. The summed E-state index contributed by atoms with van der Waals surface area (Å²) in [7, 11) is 0. The number of fused-ring (bicyclic) bond motifs is 2. The van der Waals surface area contributed by atoms with Gasteiger partial charge in [-0.1, -0.05) is 65.9 Å². The Morgan fingerprint density at radius 1 is 1.00 bits per heavy atom. The summed E-state index contributed by atoms with van der Waals surface area (Å²) in [4.78, 5) is 19.1. The molecular formula is C23H17N3O2S. The topological polar surface area (TPSA) is 66.6 Å². The van der Waals surface area contributed by atoms with Gasteiger partial charge in [0.1, 0.15) is 10.6 Å². The Kier molecular flexibility index (Phi) is 4.07. The molecule has 0 aliphatic heterocycles. The van der Waals surface area contributed by atoms with Gasteiger partial charge in [0.2, 0.25) is 0 Å². The lowest BCUT2D eigenvalue weighted by molar-refractivity contribution is 0.103. The van der Waals surface area contributed by atoms with E-state index in [9.17, 15) is 9.90 Å². The number of aromatic nitrogens is 2. The highest BCUT2D eigenvalue weighted by atomic mass is 32.1. The van der Waals surface area contributed by atoms with Gasteiger partial charge in [-0.3, -0.25) is 9.20 Å². The molecule has 6 heteroatoms. The molecule has 142 valence electrons. The molecule has 0 saturated carbocycles. The number of phenols is 1. The van der Waals surface area contributed by atoms with Gasteiger partial charge in [-0.2, -0.15) is 0 Å². The van der Waals surface area contributed by atoms with Crippen LogP contribution in [0.2, 0.25) is 0 Å². The van der Waals surface area contributed by atoms with Crippen LogP contribution >= 0.6 is 11.3 Å². The molecule has 0 aliphatic rings. The van der Waals surface area contributed by atoms with Crippen molar-refractivity contribution >= 4 is 38.7 Å².